The predicted molar refractivity (Wildman–Crippen MR) is 159 cm³/mol. The lowest BCUT2D eigenvalue weighted by Crippen LogP contribution is -2.39. The lowest BCUT2D eigenvalue weighted by atomic mass is 10.2. The third kappa shape index (κ3) is 6.43. The minimum atomic E-state index is -4.05. The SMILES string of the molecule is CCOc1ccc(S(=O)(=O)N(CC(=O)N/N=C/c2cc(C)n(-c3cccc(C)c3)c2C)c2ccc(C)cc2)cc1. The minimum absolute atomic E-state index is 0.0522. The molecular weight excluding hydrogens is 524 g/mol. The van der Waals surface area contributed by atoms with E-state index in [-0.39, 0.29) is 4.90 Å². The van der Waals surface area contributed by atoms with Crippen molar-refractivity contribution in [2.24, 2.45) is 5.10 Å². The van der Waals surface area contributed by atoms with Crippen LogP contribution in [0.3, 0.4) is 0 Å². The first-order chi connectivity index (χ1) is 19.1. The van der Waals surface area contributed by atoms with Gasteiger partial charge in [0.05, 0.1) is 23.4 Å². The Hall–Kier alpha value is -4.37. The molecule has 40 heavy (non-hydrogen) atoms. The highest BCUT2D eigenvalue weighted by Gasteiger charge is 2.27. The van der Waals surface area contributed by atoms with Gasteiger partial charge in [-0.2, -0.15) is 5.10 Å². The number of sulfonamides is 1. The molecule has 1 heterocycles. The molecule has 1 aromatic heterocycles. The van der Waals surface area contributed by atoms with Crippen LogP contribution in [0.1, 0.15) is 35.0 Å². The second-order valence-corrected chi connectivity index (χ2v) is 11.4. The number of hydrogen-bond acceptors (Lipinski definition) is 5. The van der Waals surface area contributed by atoms with Gasteiger partial charge in [0.25, 0.3) is 15.9 Å². The Bertz CT molecular complexity index is 1620. The lowest BCUT2D eigenvalue weighted by molar-refractivity contribution is -0.119. The Labute approximate surface area is 236 Å². The Balaban J connectivity index is 1.54. The Kier molecular flexibility index (Phi) is 8.74. The van der Waals surface area contributed by atoms with Gasteiger partial charge in [0.1, 0.15) is 12.3 Å². The van der Waals surface area contributed by atoms with Crippen molar-refractivity contribution < 1.29 is 17.9 Å². The van der Waals surface area contributed by atoms with Gasteiger partial charge in [0.2, 0.25) is 0 Å². The maximum atomic E-state index is 13.6. The van der Waals surface area contributed by atoms with Crippen LogP contribution in [-0.4, -0.2) is 38.3 Å². The van der Waals surface area contributed by atoms with E-state index >= 15 is 0 Å². The molecule has 9 heteroatoms. The van der Waals surface area contributed by atoms with Crippen molar-refractivity contribution in [3.8, 4) is 11.4 Å². The average molecular weight is 559 g/mol. The van der Waals surface area contributed by atoms with Crippen molar-refractivity contribution in [3.63, 3.8) is 0 Å². The van der Waals surface area contributed by atoms with Gasteiger partial charge in [-0.1, -0.05) is 29.8 Å². The number of nitrogens with zero attached hydrogens (tertiary/aromatic N) is 3. The third-order valence-electron chi connectivity index (χ3n) is 6.45. The van der Waals surface area contributed by atoms with Gasteiger partial charge in [-0.3, -0.25) is 9.10 Å². The van der Waals surface area contributed by atoms with Crippen molar-refractivity contribution >= 4 is 27.8 Å². The van der Waals surface area contributed by atoms with Crippen molar-refractivity contribution in [2.45, 2.75) is 39.5 Å². The quantitative estimate of drug-likeness (QED) is 0.207. The van der Waals surface area contributed by atoms with Crippen LogP contribution in [0.4, 0.5) is 5.69 Å². The van der Waals surface area contributed by atoms with Gasteiger partial charge in [0.15, 0.2) is 0 Å². The summed E-state index contributed by atoms with van der Waals surface area (Å²) < 4.78 is 35.9. The number of anilines is 1. The van der Waals surface area contributed by atoms with E-state index in [1.165, 1.54) is 12.1 Å². The number of hydrogen-bond donors (Lipinski definition) is 1. The average Bonchev–Trinajstić information content (AvgIpc) is 3.21. The van der Waals surface area contributed by atoms with Gasteiger partial charge in [0, 0.05) is 22.6 Å². The number of benzene rings is 3. The second-order valence-electron chi connectivity index (χ2n) is 9.55. The molecule has 0 saturated heterocycles. The standard InChI is InChI=1S/C31H34N4O4S/c1-6-39-29-14-16-30(17-15-29)40(37,38)34(27-12-10-22(2)11-13-27)21-31(36)33-32-20-26-19-24(4)35(25(26)5)28-9-7-8-23(3)18-28/h7-20H,6,21H2,1-5H3,(H,33,36)/b32-20+. The lowest BCUT2D eigenvalue weighted by Gasteiger charge is -2.24. The monoisotopic (exact) mass is 558 g/mol. The van der Waals surface area contributed by atoms with E-state index in [0.717, 1.165) is 38.1 Å². The fraction of sp³-hybridized carbons (Fsp3) is 0.226. The fourth-order valence-corrected chi connectivity index (χ4v) is 5.87. The van der Waals surface area contributed by atoms with E-state index < -0.39 is 22.5 Å². The summed E-state index contributed by atoms with van der Waals surface area (Å²) >= 11 is 0. The molecule has 8 nitrogen and oxygen atoms in total. The smallest absolute Gasteiger partial charge is 0.264 e. The zero-order valence-corrected chi connectivity index (χ0v) is 24.2. The summed E-state index contributed by atoms with van der Waals surface area (Å²) in [5.41, 5.74) is 8.89. The van der Waals surface area contributed by atoms with Crippen LogP contribution >= 0.6 is 0 Å². The summed E-state index contributed by atoms with van der Waals surface area (Å²) in [4.78, 5) is 13.0. The highest BCUT2D eigenvalue weighted by molar-refractivity contribution is 7.92. The Morgan fingerprint density at radius 3 is 2.30 bits per heavy atom. The Morgan fingerprint density at radius 2 is 1.65 bits per heavy atom. The van der Waals surface area contributed by atoms with Crippen LogP contribution in [0, 0.1) is 27.7 Å². The molecule has 0 unspecified atom stereocenters. The first-order valence-electron chi connectivity index (χ1n) is 13.0. The van der Waals surface area contributed by atoms with Crippen molar-refractivity contribution in [1.82, 2.24) is 9.99 Å². The number of nitrogens with one attached hydrogen (secondary N) is 1. The molecule has 0 fully saturated rings. The van der Waals surface area contributed by atoms with E-state index in [0.29, 0.717) is 18.0 Å². The molecule has 0 atom stereocenters. The van der Waals surface area contributed by atoms with Gasteiger partial charge >= 0.3 is 0 Å². The van der Waals surface area contributed by atoms with Crippen LogP contribution in [0.5, 0.6) is 5.75 Å². The topological polar surface area (TPSA) is 93.0 Å². The third-order valence-corrected chi connectivity index (χ3v) is 8.24. The highest BCUT2D eigenvalue weighted by atomic mass is 32.2. The molecule has 0 aliphatic carbocycles. The van der Waals surface area contributed by atoms with Gasteiger partial charge in [-0.25, -0.2) is 13.8 Å². The number of aryl methyl sites for hydroxylation is 3. The predicted octanol–water partition coefficient (Wildman–Crippen LogP) is 5.46. The van der Waals surface area contributed by atoms with E-state index in [4.69, 9.17) is 4.74 Å². The molecular formula is C31H34N4O4S. The van der Waals surface area contributed by atoms with Crippen LogP contribution in [0.15, 0.2) is 88.9 Å². The van der Waals surface area contributed by atoms with Crippen molar-refractivity contribution in [1.29, 1.82) is 0 Å². The molecule has 0 aliphatic rings. The number of hydrazone groups is 1. The summed E-state index contributed by atoms with van der Waals surface area (Å²) in [6, 6.07) is 23.3. The summed E-state index contributed by atoms with van der Waals surface area (Å²) in [6.07, 6.45) is 1.57. The number of carbonyl (C=O) groups is 1. The normalized spacial score (nSPS) is 11.5. The number of ether oxygens (including phenoxy) is 1. The zero-order valence-electron chi connectivity index (χ0n) is 23.4. The maximum Gasteiger partial charge on any atom is 0.264 e. The number of aromatic nitrogens is 1. The summed E-state index contributed by atoms with van der Waals surface area (Å²) in [7, 11) is -4.05. The van der Waals surface area contributed by atoms with Crippen molar-refractivity contribution in [2.75, 3.05) is 17.5 Å². The maximum absolute atomic E-state index is 13.6. The molecule has 208 valence electrons. The summed E-state index contributed by atoms with van der Waals surface area (Å²) in [6.45, 7) is 9.83. The minimum Gasteiger partial charge on any atom is -0.494 e. The van der Waals surface area contributed by atoms with Gasteiger partial charge < -0.3 is 9.30 Å². The number of carbonyl (C=O) groups excluding carboxylic acids is 1. The molecule has 0 aliphatic heterocycles. The highest BCUT2D eigenvalue weighted by Crippen LogP contribution is 2.26. The molecule has 0 saturated carbocycles. The second kappa shape index (κ2) is 12.2. The van der Waals surface area contributed by atoms with Crippen molar-refractivity contribution in [3.05, 3.63) is 107 Å². The van der Waals surface area contributed by atoms with Gasteiger partial charge in [-0.15, -0.1) is 0 Å². The van der Waals surface area contributed by atoms with Crippen LogP contribution in [-0.2, 0) is 14.8 Å². The van der Waals surface area contributed by atoms with Crippen LogP contribution in [0.25, 0.3) is 5.69 Å². The molecule has 0 bridgehead atoms. The van der Waals surface area contributed by atoms with Crippen LogP contribution < -0.4 is 14.5 Å². The van der Waals surface area contributed by atoms with Crippen LogP contribution in [0.2, 0.25) is 0 Å². The van der Waals surface area contributed by atoms with E-state index in [1.807, 2.05) is 58.9 Å². The first-order valence-corrected chi connectivity index (χ1v) is 14.4. The first kappa shape index (κ1) is 28.6. The zero-order chi connectivity index (χ0) is 28.9. The molecule has 0 spiro atoms. The van der Waals surface area contributed by atoms with Gasteiger partial charge in [-0.05, 0) is 94.8 Å². The molecule has 1 N–H and O–H groups in total. The molecule has 0 radical (unpaired) electrons. The fourth-order valence-electron chi connectivity index (χ4n) is 4.45. The summed E-state index contributed by atoms with van der Waals surface area (Å²) in [5.74, 6) is -0.00370. The number of rotatable bonds is 10. The summed E-state index contributed by atoms with van der Waals surface area (Å²) in [5, 5.41) is 4.14. The largest absolute Gasteiger partial charge is 0.494 e. The van der Waals surface area contributed by atoms with E-state index in [2.05, 4.69) is 21.2 Å². The number of amides is 1. The molecule has 1 amide bonds. The molecule has 4 aromatic rings. The molecule has 3 aromatic carbocycles. The Morgan fingerprint density at radius 1 is 0.950 bits per heavy atom. The van der Waals surface area contributed by atoms with E-state index in [1.54, 1.807) is 42.6 Å². The molecule has 4 rings (SSSR count). The van der Waals surface area contributed by atoms with E-state index in [9.17, 15) is 13.2 Å².